The maximum Gasteiger partial charge on any atom is 0.345 e. The van der Waals surface area contributed by atoms with Crippen molar-refractivity contribution in [3.8, 4) is 5.75 Å². The van der Waals surface area contributed by atoms with Gasteiger partial charge in [0.2, 0.25) is 0 Å². The SMILES string of the molecule is C=NCc1ccc(NC(=O)N[C@@H]2C[C@@H]2c2c(F)ccc(C(=O)CC)c2OC(=O)c2cccnc2)nc1. The number of anilines is 1. The normalized spacial score (nSPS) is 16.1. The fourth-order valence-electron chi connectivity index (χ4n) is 3.79. The number of Topliss-reactive ketones (excluding diaryl/α,β-unsaturated/α-hetero) is 1. The lowest BCUT2D eigenvalue weighted by Gasteiger charge is -2.15. The van der Waals surface area contributed by atoms with Gasteiger partial charge in [-0.3, -0.25) is 20.1 Å². The molecule has 1 aliphatic rings. The molecule has 1 aromatic carbocycles. The number of nitrogens with zero attached hydrogens (tertiary/aromatic N) is 3. The molecule has 36 heavy (non-hydrogen) atoms. The number of urea groups is 1. The molecule has 9 nitrogen and oxygen atoms in total. The predicted octanol–water partition coefficient (Wildman–Crippen LogP) is 4.31. The lowest BCUT2D eigenvalue weighted by molar-refractivity contribution is 0.0729. The summed E-state index contributed by atoms with van der Waals surface area (Å²) in [6, 6.07) is 8.04. The molecule has 184 valence electrons. The fourth-order valence-corrected chi connectivity index (χ4v) is 3.79. The second-order valence-corrected chi connectivity index (χ2v) is 8.23. The predicted molar refractivity (Wildman–Crippen MR) is 131 cm³/mol. The first kappa shape index (κ1) is 24.6. The van der Waals surface area contributed by atoms with Crippen molar-refractivity contribution in [2.24, 2.45) is 4.99 Å². The Hall–Kier alpha value is -4.47. The molecule has 2 aromatic heterocycles. The lowest BCUT2D eigenvalue weighted by Crippen LogP contribution is -2.31. The van der Waals surface area contributed by atoms with E-state index in [0.29, 0.717) is 18.8 Å². The molecule has 4 rings (SSSR count). The molecule has 0 aliphatic heterocycles. The summed E-state index contributed by atoms with van der Waals surface area (Å²) in [6.45, 7) is 5.51. The molecule has 0 saturated heterocycles. The van der Waals surface area contributed by atoms with Crippen LogP contribution in [-0.4, -0.2) is 40.5 Å². The van der Waals surface area contributed by atoms with Gasteiger partial charge in [-0.25, -0.2) is 19.0 Å². The molecule has 0 bridgehead atoms. The van der Waals surface area contributed by atoms with Crippen LogP contribution in [0, 0.1) is 5.82 Å². The van der Waals surface area contributed by atoms with E-state index < -0.39 is 29.8 Å². The molecule has 2 amide bonds. The van der Waals surface area contributed by atoms with Crippen molar-refractivity contribution in [1.82, 2.24) is 15.3 Å². The third-order valence-electron chi connectivity index (χ3n) is 5.69. The van der Waals surface area contributed by atoms with E-state index in [4.69, 9.17) is 4.74 Å². The van der Waals surface area contributed by atoms with Gasteiger partial charge >= 0.3 is 12.0 Å². The maximum atomic E-state index is 15.0. The molecule has 2 N–H and O–H groups in total. The summed E-state index contributed by atoms with van der Waals surface area (Å²) in [6.07, 6.45) is 4.96. The summed E-state index contributed by atoms with van der Waals surface area (Å²) in [7, 11) is 0. The highest BCUT2D eigenvalue weighted by molar-refractivity contribution is 6.01. The minimum atomic E-state index is -0.760. The molecule has 2 heterocycles. The number of pyridine rings is 2. The van der Waals surface area contributed by atoms with Gasteiger partial charge in [0.1, 0.15) is 17.4 Å². The zero-order chi connectivity index (χ0) is 25.7. The summed E-state index contributed by atoms with van der Waals surface area (Å²) in [5, 5.41) is 5.40. The van der Waals surface area contributed by atoms with Crippen molar-refractivity contribution < 1.29 is 23.5 Å². The average Bonchev–Trinajstić information content (AvgIpc) is 3.63. The Morgan fingerprint density at radius 2 is 2.03 bits per heavy atom. The highest BCUT2D eigenvalue weighted by Gasteiger charge is 2.44. The Bertz CT molecular complexity index is 1300. The van der Waals surface area contributed by atoms with Gasteiger partial charge in [-0.2, -0.15) is 0 Å². The van der Waals surface area contributed by atoms with Gasteiger partial charge in [0.15, 0.2) is 5.78 Å². The highest BCUT2D eigenvalue weighted by Crippen LogP contribution is 2.47. The van der Waals surface area contributed by atoms with Crippen LogP contribution in [-0.2, 0) is 6.54 Å². The highest BCUT2D eigenvalue weighted by atomic mass is 19.1. The number of carbonyl (C=O) groups excluding carboxylic acids is 3. The van der Waals surface area contributed by atoms with E-state index in [1.54, 1.807) is 31.3 Å². The van der Waals surface area contributed by atoms with Gasteiger partial charge in [-0.05, 0) is 49.0 Å². The first-order valence-electron chi connectivity index (χ1n) is 11.3. The smallest absolute Gasteiger partial charge is 0.345 e. The number of carbonyl (C=O) groups is 3. The molecular formula is C26H24FN5O4. The van der Waals surface area contributed by atoms with E-state index in [9.17, 15) is 14.4 Å². The largest absolute Gasteiger partial charge is 0.422 e. The van der Waals surface area contributed by atoms with E-state index in [-0.39, 0.29) is 34.6 Å². The Kier molecular flexibility index (Phi) is 7.43. The summed E-state index contributed by atoms with van der Waals surface area (Å²) >= 11 is 0. The van der Waals surface area contributed by atoms with Crippen LogP contribution in [0.25, 0.3) is 0 Å². The van der Waals surface area contributed by atoms with Crippen molar-refractivity contribution >= 4 is 30.3 Å². The summed E-state index contributed by atoms with van der Waals surface area (Å²) in [5.74, 6) is -1.95. The number of halogens is 1. The van der Waals surface area contributed by atoms with Crippen LogP contribution in [0.1, 0.15) is 57.5 Å². The third-order valence-corrected chi connectivity index (χ3v) is 5.69. The van der Waals surface area contributed by atoms with Crippen LogP contribution >= 0.6 is 0 Å². The van der Waals surface area contributed by atoms with Crippen molar-refractivity contribution in [3.05, 3.63) is 83.1 Å². The standard InChI is InChI=1S/C26H24FN5O4/c1-3-21(33)17-7-8-19(27)23(24(17)36-25(34)16-5-4-10-29-14-16)18-11-20(18)31-26(35)32-22-9-6-15(12-28-2)13-30-22/h4-10,13-14,18,20H,2-3,11-12H2,1H3,(H2,30,31,32,35)/t18-,20+/m0/s1. The van der Waals surface area contributed by atoms with E-state index in [0.717, 1.165) is 5.56 Å². The van der Waals surface area contributed by atoms with Gasteiger partial charge in [0.25, 0.3) is 0 Å². The van der Waals surface area contributed by atoms with E-state index in [1.807, 2.05) is 0 Å². The van der Waals surface area contributed by atoms with Crippen LogP contribution in [0.15, 0.2) is 60.0 Å². The zero-order valence-corrected chi connectivity index (χ0v) is 19.5. The Balaban J connectivity index is 1.52. The number of ketones is 1. The number of benzene rings is 1. The van der Waals surface area contributed by atoms with Gasteiger partial charge < -0.3 is 10.1 Å². The zero-order valence-electron chi connectivity index (χ0n) is 19.5. The van der Waals surface area contributed by atoms with Crippen LogP contribution < -0.4 is 15.4 Å². The molecule has 0 radical (unpaired) electrons. The number of aromatic nitrogens is 2. The molecular weight excluding hydrogens is 465 g/mol. The van der Waals surface area contributed by atoms with Crippen LogP contribution in [0.3, 0.4) is 0 Å². The molecule has 2 atom stereocenters. The second kappa shape index (κ2) is 10.9. The van der Waals surface area contributed by atoms with Crippen molar-refractivity contribution in [2.75, 3.05) is 5.32 Å². The molecule has 1 saturated carbocycles. The van der Waals surface area contributed by atoms with Crippen LogP contribution in [0.4, 0.5) is 15.0 Å². The number of aliphatic imine (C=N–C) groups is 1. The van der Waals surface area contributed by atoms with E-state index in [2.05, 4.69) is 32.3 Å². The molecule has 1 aliphatic carbocycles. The Labute approximate surface area is 206 Å². The van der Waals surface area contributed by atoms with E-state index >= 15 is 4.39 Å². The monoisotopic (exact) mass is 489 g/mol. The van der Waals surface area contributed by atoms with Gasteiger partial charge in [0, 0.05) is 42.5 Å². The van der Waals surface area contributed by atoms with Crippen LogP contribution in [0.2, 0.25) is 0 Å². The van der Waals surface area contributed by atoms with E-state index in [1.165, 1.54) is 30.6 Å². The maximum absolute atomic E-state index is 15.0. The summed E-state index contributed by atoms with van der Waals surface area (Å²) in [5.41, 5.74) is 1.20. The molecule has 3 aromatic rings. The number of esters is 1. The number of hydrogen-bond acceptors (Lipinski definition) is 7. The summed E-state index contributed by atoms with van der Waals surface area (Å²) in [4.78, 5) is 49.6. The van der Waals surface area contributed by atoms with Crippen molar-refractivity contribution in [2.45, 2.75) is 38.3 Å². The number of amides is 2. The number of ether oxygens (including phenoxy) is 1. The average molecular weight is 490 g/mol. The third kappa shape index (κ3) is 5.60. The first-order valence-corrected chi connectivity index (χ1v) is 11.3. The lowest BCUT2D eigenvalue weighted by atomic mass is 10.00. The first-order chi connectivity index (χ1) is 17.4. The molecule has 0 spiro atoms. The number of nitrogens with one attached hydrogen (secondary N) is 2. The molecule has 10 heteroatoms. The van der Waals surface area contributed by atoms with Crippen LogP contribution in [0.5, 0.6) is 5.75 Å². The van der Waals surface area contributed by atoms with Crippen molar-refractivity contribution in [1.29, 1.82) is 0 Å². The Morgan fingerprint density at radius 1 is 1.19 bits per heavy atom. The van der Waals surface area contributed by atoms with Gasteiger partial charge in [-0.15, -0.1) is 0 Å². The number of hydrogen-bond donors (Lipinski definition) is 2. The minimum absolute atomic E-state index is 0.0799. The topological polar surface area (TPSA) is 123 Å². The minimum Gasteiger partial charge on any atom is -0.422 e. The Morgan fingerprint density at radius 3 is 2.69 bits per heavy atom. The number of rotatable bonds is 9. The quantitative estimate of drug-likeness (QED) is 0.200. The van der Waals surface area contributed by atoms with Gasteiger partial charge in [0.05, 0.1) is 17.7 Å². The molecule has 0 unspecified atom stereocenters. The molecule has 1 fully saturated rings. The van der Waals surface area contributed by atoms with Gasteiger partial charge in [-0.1, -0.05) is 13.0 Å². The fraction of sp³-hybridized carbons (Fsp3) is 0.231. The summed E-state index contributed by atoms with van der Waals surface area (Å²) < 4.78 is 20.6. The second-order valence-electron chi connectivity index (χ2n) is 8.23. The van der Waals surface area contributed by atoms with Crippen molar-refractivity contribution in [3.63, 3.8) is 0 Å².